The first-order valence-electron chi connectivity index (χ1n) is 6.43. The quantitative estimate of drug-likeness (QED) is 0.725. The minimum atomic E-state index is 0.0937. The second kappa shape index (κ2) is 9.11. The fraction of sp³-hybridized carbons (Fsp3) is 0.500. The molecule has 0 saturated heterocycles. The summed E-state index contributed by atoms with van der Waals surface area (Å²) in [5.74, 6) is 0.0937. The summed E-state index contributed by atoms with van der Waals surface area (Å²) in [6, 6.07) is 7.83. The molecule has 4 heteroatoms. The van der Waals surface area contributed by atoms with E-state index in [2.05, 4.69) is 21.2 Å². The van der Waals surface area contributed by atoms with Crippen molar-refractivity contribution in [2.45, 2.75) is 32.1 Å². The Balaban J connectivity index is 2.12. The largest absolute Gasteiger partial charge is 0.356 e. The van der Waals surface area contributed by atoms with Gasteiger partial charge in [0.15, 0.2) is 0 Å². The van der Waals surface area contributed by atoms with E-state index < -0.39 is 0 Å². The first-order chi connectivity index (χ1) is 8.72. The van der Waals surface area contributed by atoms with Gasteiger partial charge in [-0.05, 0) is 37.1 Å². The van der Waals surface area contributed by atoms with Crippen LogP contribution in [0.15, 0.2) is 28.7 Å². The van der Waals surface area contributed by atoms with Gasteiger partial charge in [0.2, 0.25) is 5.91 Å². The third-order valence-corrected chi connectivity index (χ3v) is 3.26. The monoisotopic (exact) mass is 312 g/mol. The normalized spacial score (nSPS) is 10.3. The highest BCUT2D eigenvalue weighted by Gasteiger charge is 2.02. The third-order valence-electron chi connectivity index (χ3n) is 2.73. The molecule has 0 aliphatic heterocycles. The highest BCUT2D eigenvalue weighted by Crippen LogP contribution is 2.10. The van der Waals surface area contributed by atoms with Gasteiger partial charge in [-0.3, -0.25) is 4.79 Å². The number of carbonyl (C=O) groups excluding carboxylic acids is 1. The maximum atomic E-state index is 11.6. The number of nitrogens with two attached hydrogens (primary N) is 1. The molecule has 0 fully saturated rings. The molecule has 1 aromatic carbocycles. The summed E-state index contributed by atoms with van der Waals surface area (Å²) in [7, 11) is 0. The van der Waals surface area contributed by atoms with Crippen molar-refractivity contribution in [2.24, 2.45) is 5.73 Å². The Morgan fingerprint density at radius 3 is 2.44 bits per heavy atom. The molecule has 0 atom stereocenters. The minimum Gasteiger partial charge on any atom is -0.356 e. The van der Waals surface area contributed by atoms with Crippen LogP contribution in [0, 0.1) is 0 Å². The van der Waals surface area contributed by atoms with Crippen LogP contribution < -0.4 is 11.1 Å². The lowest BCUT2D eigenvalue weighted by atomic mass is 10.1. The van der Waals surface area contributed by atoms with Crippen LogP contribution in [0.1, 0.15) is 31.2 Å². The highest BCUT2D eigenvalue weighted by atomic mass is 79.9. The zero-order valence-corrected chi connectivity index (χ0v) is 12.2. The second-order valence-electron chi connectivity index (χ2n) is 4.36. The van der Waals surface area contributed by atoms with Crippen LogP contribution in [0.3, 0.4) is 0 Å². The molecule has 0 radical (unpaired) electrons. The number of unbranched alkanes of at least 4 members (excludes halogenated alkanes) is 3. The fourth-order valence-corrected chi connectivity index (χ4v) is 1.97. The lowest BCUT2D eigenvalue weighted by molar-refractivity contribution is -0.120. The molecule has 0 heterocycles. The predicted octanol–water partition coefficient (Wildman–Crippen LogP) is 2.63. The summed E-state index contributed by atoms with van der Waals surface area (Å²) in [6.45, 7) is 1.52. The van der Waals surface area contributed by atoms with E-state index >= 15 is 0 Å². The van der Waals surface area contributed by atoms with Crippen LogP contribution in [0.25, 0.3) is 0 Å². The molecule has 0 aromatic heterocycles. The van der Waals surface area contributed by atoms with Crippen molar-refractivity contribution in [1.29, 1.82) is 0 Å². The molecule has 0 spiro atoms. The average Bonchev–Trinajstić information content (AvgIpc) is 2.36. The van der Waals surface area contributed by atoms with Crippen LogP contribution >= 0.6 is 15.9 Å². The Morgan fingerprint density at radius 2 is 1.78 bits per heavy atom. The summed E-state index contributed by atoms with van der Waals surface area (Å²) < 4.78 is 1.03. The molecule has 1 amide bonds. The maximum absolute atomic E-state index is 11.6. The number of nitrogens with one attached hydrogen (secondary N) is 1. The van der Waals surface area contributed by atoms with Crippen LogP contribution in [-0.2, 0) is 11.2 Å². The van der Waals surface area contributed by atoms with E-state index in [-0.39, 0.29) is 5.91 Å². The standard InChI is InChI=1S/C14H21BrN2O/c15-13-7-5-12(6-8-13)11-14(18)17-10-4-2-1-3-9-16/h5-8H,1-4,9-11,16H2,(H,17,18). The van der Waals surface area contributed by atoms with Gasteiger partial charge in [0.05, 0.1) is 6.42 Å². The summed E-state index contributed by atoms with van der Waals surface area (Å²) >= 11 is 3.37. The van der Waals surface area contributed by atoms with Crippen LogP contribution in [-0.4, -0.2) is 19.0 Å². The molecule has 0 saturated carbocycles. The van der Waals surface area contributed by atoms with Crippen LogP contribution in [0.2, 0.25) is 0 Å². The van der Waals surface area contributed by atoms with Gasteiger partial charge in [-0.25, -0.2) is 0 Å². The van der Waals surface area contributed by atoms with Gasteiger partial charge >= 0.3 is 0 Å². The Bertz CT molecular complexity index is 351. The van der Waals surface area contributed by atoms with E-state index in [1.807, 2.05) is 24.3 Å². The highest BCUT2D eigenvalue weighted by molar-refractivity contribution is 9.10. The fourth-order valence-electron chi connectivity index (χ4n) is 1.70. The molecule has 1 rings (SSSR count). The van der Waals surface area contributed by atoms with Crippen molar-refractivity contribution < 1.29 is 4.79 Å². The topological polar surface area (TPSA) is 55.1 Å². The third kappa shape index (κ3) is 6.77. The van der Waals surface area contributed by atoms with E-state index in [1.165, 1.54) is 0 Å². The summed E-state index contributed by atoms with van der Waals surface area (Å²) in [5, 5.41) is 2.94. The summed E-state index contributed by atoms with van der Waals surface area (Å²) in [4.78, 5) is 11.6. The van der Waals surface area contributed by atoms with Crippen molar-refractivity contribution in [3.05, 3.63) is 34.3 Å². The second-order valence-corrected chi connectivity index (χ2v) is 5.27. The smallest absolute Gasteiger partial charge is 0.224 e. The number of halogens is 1. The van der Waals surface area contributed by atoms with Crippen molar-refractivity contribution in [2.75, 3.05) is 13.1 Å². The minimum absolute atomic E-state index is 0.0937. The Kier molecular flexibility index (Phi) is 7.69. The molecule has 0 unspecified atom stereocenters. The first kappa shape index (κ1) is 15.2. The van der Waals surface area contributed by atoms with Crippen LogP contribution in [0.4, 0.5) is 0 Å². The van der Waals surface area contributed by atoms with Crippen molar-refractivity contribution in [1.82, 2.24) is 5.32 Å². The van der Waals surface area contributed by atoms with E-state index in [0.29, 0.717) is 6.42 Å². The summed E-state index contributed by atoms with van der Waals surface area (Å²) in [5.41, 5.74) is 6.46. The van der Waals surface area contributed by atoms with E-state index in [4.69, 9.17) is 5.73 Å². The molecule has 3 N–H and O–H groups in total. The Morgan fingerprint density at radius 1 is 1.11 bits per heavy atom. The zero-order valence-electron chi connectivity index (χ0n) is 10.6. The average molecular weight is 313 g/mol. The molecule has 1 aromatic rings. The lowest BCUT2D eigenvalue weighted by Crippen LogP contribution is -2.26. The predicted molar refractivity (Wildman–Crippen MR) is 78.4 cm³/mol. The number of benzene rings is 1. The number of hydrogen-bond donors (Lipinski definition) is 2. The Labute approximate surface area is 117 Å². The van der Waals surface area contributed by atoms with E-state index in [0.717, 1.165) is 48.8 Å². The van der Waals surface area contributed by atoms with Gasteiger partial charge in [-0.1, -0.05) is 40.9 Å². The van der Waals surface area contributed by atoms with E-state index in [1.54, 1.807) is 0 Å². The molecule has 0 bridgehead atoms. The molecule has 18 heavy (non-hydrogen) atoms. The number of carbonyl (C=O) groups is 1. The SMILES string of the molecule is NCCCCCCNC(=O)Cc1ccc(Br)cc1. The van der Waals surface area contributed by atoms with Crippen molar-refractivity contribution >= 4 is 21.8 Å². The van der Waals surface area contributed by atoms with Gasteiger partial charge in [-0.15, -0.1) is 0 Å². The van der Waals surface area contributed by atoms with Gasteiger partial charge in [0.1, 0.15) is 0 Å². The van der Waals surface area contributed by atoms with Gasteiger partial charge < -0.3 is 11.1 Å². The number of hydrogen-bond acceptors (Lipinski definition) is 2. The molecule has 3 nitrogen and oxygen atoms in total. The van der Waals surface area contributed by atoms with Crippen LogP contribution in [0.5, 0.6) is 0 Å². The van der Waals surface area contributed by atoms with Gasteiger partial charge in [0.25, 0.3) is 0 Å². The number of rotatable bonds is 8. The Hall–Kier alpha value is -0.870. The van der Waals surface area contributed by atoms with Crippen molar-refractivity contribution in [3.63, 3.8) is 0 Å². The molecular weight excluding hydrogens is 292 g/mol. The van der Waals surface area contributed by atoms with E-state index in [9.17, 15) is 4.79 Å². The maximum Gasteiger partial charge on any atom is 0.224 e. The van der Waals surface area contributed by atoms with Gasteiger partial charge in [0, 0.05) is 11.0 Å². The lowest BCUT2D eigenvalue weighted by Gasteiger charge is -2.05. The zero-order chi connectivity index (χ0) is 13.2. The molecule has 0 aliphatic rings. The molecule has 100 valence electrons. The first-order valence-corrected chi connectivity index (χ1v) is 7.23. The molecule has 0 aliphatic carbocycles. The van der Waals surface area contributed by atoms with Gasteiger partial charge in [-0.2, -0.15) is 0 Å². The molecular formula is C14H21BrN2O. The summed E-state index contributed by atoms with van der Waals surface area (Å²) in [6.07, 6.45) is 4.85. The number of amides is 1. The van der Waals surface area contributed by atoms with Crippen molar-refractivity contribution in [3.8, 4) is 0 Å².